The number of aromatic hydroxyl groups is 2. The van der Waals surface area contributed by atoms with Crippen molar-refractivity contribution in [1.29, 1.82) is 0 Å². The lowest BCUT2D eigenvalue weighted by Gasteiger charge is -2.45. The summed E-state index contributed by atoms with van der Waals surface area (Å²) in [5, 5.41) is 110. The van der Waals surface area contributed by atoms with Crippen molar-refractivity contribution in [3.63, 3.8) is 0 Å². The summed E-state index contributed by atoms with van der Waals surface area (Å²) in [5.41, 5.74) is 0.0872. The fraction of sp³-hybridized carbons (Fsp3) is 0.769. The van der Waals surface area contributed by atoms with Crippen LogP contribution in [0, 0.1) is 12.8 Å². The first-order valence-electron chi connectivity index (χ1n) is 26.1. The number of rotatable bonds is 16. The van der Waals surface area contributed by atoms with E-state index in [1.165, 1.54) is 40.2 Å². The third kappa shape index (κ3) is 12.1. The van der Waals surface area contributed by atoms with Crippen LogP contribution in [0.25, 0.3) is 10.8 Å². The Morgan fingerprint density at radius 3 is 1.61 bits per heavy atom. The first kappa shape index (κ1) is 58.8. The van der Waals surface area contributed by atoms with Crippen LogP contribution in [0.3, 0.4) is 0 Å². The molecule has 0 radical (unpaired) electrons. The summed E-state index contributed by atoms with van der Waals surface area (Å²) in [7, 11) is 2.66. The molecule has 5 fully saturated rings. The van der Waals surface area contributed by atoms with E-state index in [2.05, 4.69) is 0 Å². The zero-order chi connectivity index (χ0) is 55.3. The molecule has 0 saturated carbocycles. The lowest BCUT2D eigenvalue weighted by atomic mass is 9.75. The quantitative estimate of drug-likeness (QED) is 0.106. The number of carbonyl (C=O) groups excluding carboxylic acids is 2. The van der Waals surface area contributed by atoms with Gasteiger partial charge in [0.1, 0.15) is 66.1 Å². The van der Waals surface area contributed by atoms with E-state index in [-0.39, 0.29) is 71.7 Å². The number of hydrogen-bond donors (Lipinski definition) is 10. The zero-order valence-electron chi connectivity index (χ0n) is 44.0. The third-order valence-electron chi connectivity index (χ3n) is 15.8. The molecule has 24 nitrogen and oxygen atoms in total. The number of ether oxygens (including phenoxy) is 12. The lowest BCUT2D eigenvalue weighted by molar-refractivity contribution is -0.329. The number of hydrogen-bond acceptors (Lipinski definition) is 24. The average Bonchev–Trinajstić information content (AvgIpc) is 3.36. The van der Waals surface area contributed by atoms with Crippen LogP contribution in [0.1, 0.15) is 95.1 Å². The van der Waals surface area contributed by atoms with E-state index in [0.29, 0.717) is 0 Å². The first-order chi connectivity index (χ1) is 35.9. The predicted molar refractivity (Wildman–Crippen MR) is 259 cm³/mol. The molecule has 0 amide bonds. The highest BCUT2D eigenvalue weighted by molar-refractivity contribution is 6.11. The maximum Gasteiger partial charge on any atom is 0.202 e. The Morgan fingerprint density at radius 1 is 0.632 bits per heavy atom. The standard InChI is InChI=1S/C52H76O24/c1-18-30(72-36-15-31(44(59)21(4)68-36)73-34-13-28(54)43(58)20(3)67-34)12-26-10-25-11-27(51(66-9)49(64)42(57)19(2)53)52(48(63)40(25)47(62)39(26)41(18)56)76-38-17-33(46(61)23(6)70-38)75-37-16-32(45(60)22(5)69-37)74-35-14-29(55)50(65-8)24(7)71-35/h10,12,19-24,27-29,31-38,42-46,50-62H,11,13-17H2,1-9H3/t19-,20?,21?,22?,23?,24?,27+,28-,29-,31-,32-,33-,34+,35+,36+,37+,38+,42+,43-,44-,45+,46-,50-,51?,52+/m1/s1. The van der Waals surface area contributed by atoms with E-state index in [1.54, 1.807) is 34.6 Å². The van der Waals surface area contributed by atoms with Crippen molar-refractivity contribution in [2.75, 3.05) is 14.2 Å². The third-order valence-corrected chi connectivity index (χ3v) is 15.8. The Bertz CT molecular complexity index is 2310. The highest BCUT2D eigenvalue weighted by Gasteiger charge is 2.51. The van der Waals surface area contributed by atoms with Crippen molar-refractivity contribution >= 4 is 22.3 Å². The minimum atomic E-state index is -1.94. The topological polar surface area (TPSA) is 347 Å². The van der Waals surface area contributed by atoms with E-state index in [0.717, 1.165) is 0 Å². The second-order valence-corrected chi connectivity index (χ2v) is 21.2. The maximum atomic E-state index is 15.0. The SMILES string of the molecule is COC(C(=O)[C@@H](O)[C@@H](C)O)[C@@H]1Cc2cc3cc(O[C@H]4C[C@@H](O[C@H]5C[C@@H](O)[C@H](O)C(C)O5)[C@H](O)C(C)O4)c(C)c(O)c3c(O)c2C(=O)[C@H]1O[C@H]1C[C@@H](O[C@H]2C[C@@H](O[C@H]3C[C@@H](O)[C@H](OC)C(C)O3)[C@@H](O)C(C)O2)[C@H](O)C(C)O1. The van der Waals surface area contributed by atoms with E-state index < -0.39 is 176 Å². The van der Waals surface area contributed by atoms with Crippen LogP contribution in [0.4, 0.5) is 0 Å². The molecule has 2 aromatic carbocycles. The minimum Gasteiger partial charge on any atom is -0.507 e. The zero-order valence-corrected chi connectivity index (χ0v) is 44.0. The van der Waals surface area contributed by atoms with Crippen LogP contribution in [-0.4, -0.2) is 224 Å². The number of phenols is 2. The van der Waals surface area contributed by atoms with Gasteiger partial charge in [-0.3, -0.25) is 9.59 Å². The molecule has 0 aromatic heterocycles. The van der Waals surface area contributed by atoms with E-state index in [4.69, 9.17) is 56.8 Å². The normalized spacial score (nSPS) is 41.5. The molecule has 428 valence electrons. The fourth-order valence-corrected chi connectivity index (χ4v) is 11.4. The molecule has 8 rings (SSSR count). The maximum absolute atomic E-state index is 15.0. The fourth-order valence-electron chi connectivity index (χ4n) is 11.4. The summed E-state index contributed by atoms with van der Waals surface area (Å²) < 4.78 is 72.1. The van der Waals surface area contributed by atoms with Crippen molar-refractivity contribution in [2.45, 2.75) is 234 Å². The molecule has 5 aliphatic heterocycles. The van der Waals surface area contributed by atoms with Gasteiger partial charge in [-0.25, -0.2) is 0 Å². The molecule has 0 spiro atoms. The average molecular weight is 1090 g/mol. The second kappa shape index (κ2) is 24.2. The number of benzene rings is 2. The molecule has 24 heteroatoms. The number of aliphatic hydroxyl groups excluding tert-OH is 8. The summed E-state index contributed by atoms with van der Waals surface area (Å²) in [6.45, 7) is 10.8. The summed E-state index contributed by atoms with van der Waals surface area (Å²) in [5.74, 6) is -4.02. The van der Waals surface area contributed by atoms with Gasteiger partial charge in [-0.05, 0) is 78.0 Å². The largest absolute Gasteiger partial charge is 0.507 e. The van der Waals surface area contributed by atoms with Gasteiger partial charge in [0, 0.05) is 57.8 Å². The number of fused-ring (bicyclic) bond motifs is 2. The minimum absolute atomic E-state index is 0.0217. The van der Waals surface area contributed by atoms with Gasteiger partial charge in [0.15, 0.2) is 36.7 Å². The van der Waals surface area contributed by atoms with Crippen molar-refractivity contribution in [2.24, 2.45) is 5.92 Å². The smallest absolute Gasteiger partial charge is 0.202 e. The van der Waals surface area contributed by atoms with Crippen molar-refractivity contribution < 1.29 is 117 Å². The van der Waals surface area contributed by atoms with Crippen LogP contribution in [0.5, 0.6) is 17.2 Å². The number of aliphatic hydroxyl groups is 8. The summed E-state index contributed by atoms with van der Waals surface area (Å²) in [4.78, 5) is 28.9. The second-order valence-electron chi connectivity index (χ2n) is 21.2. The summed E-state index contributed by atoms with van der Waals surface area (Å²) in [6, 6.07) is 3.04. The van der Waals surface area contributed by atoms with Crippen molar-refractivity contribution in [1.82, 2.24) is 0 Å². The number of Topliss-reactive ketones (excluding diaryl/α,β-unsaturated/α-hetero) is 2. The molecule has 25 atom stereocenters. The molecular formula is C52H76O24. The summed E-state index contributed by atoms with van der Waals surface area (Å²) in [6.07, 6.45) is -26.4. The predicted octanol–water partition coefficient (Wildman–Crippen LogP) is 0.0147. The number of methoxy groups -OCH3 is 2. The summed E-state index contributed by atoms with van der Waals surface area (Å²) >= 11 is 0. The van der Waals surface area contributed by atoms with Gasteiger partial charge in [0.2, 0.25) is 6.29 Å². The molecule has 1 aliphatic carbocycles. The van der Waals surface area contributed by atoms with Crippen LogP contribution in [0.2, 0.25) is 0 Å². The molecular weight excluding hydrogens is 1010 g/mol. The van der Waals surface area contributed by atoms with Gasteiger partial charge in [-0.15, -0.1) is 0 Å². The Balaban J connectivity index is 1.04. The Labute approximate surface area is 439 Å². The van der Waals surface area contributed by atoms with E-state index in [9.17, 15) is 55.9 Å². The van der Waals surface area contributed by atoms with Gasteiger partial charge >= 0.3 is 0 Å². The highest BCUT2D eigenvalue weighted by Crippen LogP contribution is 2.47. The van der Waals surface area contributed by atoms with Crippen LogP contribution < -0.4 is 4.74 Å². The Kier molecular flexibility index (Phi) is 18.7. The van der Waals surface area contributed by atoms with E-state index in [1.807, 2.05) is 0 Å². The van der Waals surface area contributed by atoms with Gasteiger partial charge in [-0.2, -0.15) is 0 Å². The molecule has 6 aliphatic rings. The van der Waals surface area contributed by atoms with Gasteiger partial charge < -0.3 is 108 Å². The molecule has 5 saturated heterocycles. The van der Waals surface area contributed by atoms with E-state index >= 15 is 4.79 Å². The number of phenolic OH excluding ortho intramolecular Hbond substituents is 2. The number of ketones is 2. The highest BCUT2D eigenvalue weighted by atomic mass is 16.7. The molecule has 6 unspecified atom stereocenters. The van der Waals surface area contributed by atoms with Gasteiger partial charge in [0.05, 0.1) is 78.1 Å². The molecule has 5 heterocycles. The molecule has 76 heavy (non-hydrogen) atoms. The number of carbonyl (C=O) groups is 2. The van der Waals surface area contributed by atoms with Crippen molar-refractivity contribution in [3.05, 3.63) is 28.8 Å². The van der Waals surface area contributed by atoms with Gasteiger partial charge in [0.25, 0.3) is 0 Å². The molecule has 0 bridgehead atoms. The van der Waals surface area contributed by atoms with Crippen molar-refractivity contribution in [3.8, 4) is 17.2 Å². The van der Waals surface area contributed by atoms with Crippen LogP contribution >= 0.6 is 0 Å². The van der Waals surface area contributed by atoms with Crippen LogP contribution in [-0.2, 0) is 63.3 Å². The monoisotopic (exact) mass is 1080 g/mol. The first-order valence-corrected chi connectivity index (χ1v) is 26.1. The molecule has 2 aromatic rings. The lowest BCUT2D eigenvalue weighted by Crippen LogP contribution is -2.57. The van der Waals surface area contributed by atoms with Crippen LogP contribution in [0.15, 0.2) is 12.1 Å². The molecule has 10 N–H and O–H groups in total. The Hall–Kier alpha value is -3.32. The van der Waals surface area contributed by atoms with Gasteiger partial charge in [-0.1, -0.05) is 0 Å². The Morgan fingerprint density at radius 2 is 1.11 bits per heavy atom.